The van der Waals surface area contributed by atoms with Gasteiger partial charge in [-0.15, -0.1) is 0 Å². The minimum Gasteiger partial charge on any atom is -0.480 e. The monoisotopic (exact) mass is 208 g/mol. The molecule has 0 heterocycles. The predicted molar refractivity (Wildman–Crippen MR) is 52.7 cm³/mol. The van der Waals surface area contributed by atoms with Gasteiger partial charge in [-0.05, 0) is 5.56 Å². The van der Waals surface area contributed by atoms with Gasteiger partial charge < -0.3 is 5.11 Å². The lowest BCUT2D eigenvalue weighted by Gasteiger charge is -2.15. The molecule has 1 rings (SSSR count). The van der Waals surface area contributed by atoms with Crippen molar-refractivity contribution < 1.29 is 20.3 Å². The Labute approximate surface area is 89.1 Å². The Hall–Kier alpha value is -1.37. The van der Waals surface area contributed by atoms with Crippen molar-refractivity contribution in [2.45, 2.75) is 12.5 Å². The molecule has 1 unspecified atom stereocenters. The molecule has 1 aromatic rings. The summed E-state index contributed by atoms with van der Waals surface area (Å²) in [6.45, 7) is 0. The molecular weight excluding hydrogens is 197 g/mol. The van der Waals surface area contributed by atoms with Crippen molar-refractivity contribution in [3.05, 3.63) is 35.9 Å². The lowest BCUT2D eigenvalue weighted by atomic mass is 10.1. The Kier molecular flexibility index (Phi) is 5.62. The maximum absolute atomic E-state index is 10.6. The highest BCUT2D eigenvalue weighted by molar-refractivity contribution is 5.75. The van der Waals surface area contributed by atoms with Crippen LogP contribution in [0.25, 0.3) is 0 Å². The first kappa shape index (κ1) is 13.6. The van der Waals surface area contributed by atoms with Gasteiger partial charge >= 0.3 is 5.97 Å². The molecule has 3 radical (unpaired) electrons. The van der Waals surface area contributed by atoms with E-state index in [1.807, 2.05) is 0 Å². The molecule has 0 amide bonds. The third kappa shape index (κ3) is 4.12. The van der Waals surface area contributed by atoms with Crippen molar-refractivity contribution in [1.29, 1.82) is 0 Å². The summed E-state index contributed by atoms with van der Waals surface area (Å²) in [6.07, 6.45) is 0.0448. The summed E-state index contributed by atoms with van der Waals surface area (Å²) in [4.78, 5) is 10.6. The van der Waals surface area contributed by atoms with E-state index in [1.165, 1.54) is 0 Å². The first-order chi connectivity index (χ1) is 6.61. The second-order valence-electron chi connectivity index (χ2n) is 2.86. The number of hydroxylamine groups is 2. The Balaban J connectivity index is 0.00000196. The number of hydrogen-bond donors (Lipinski definition) is 3. The highest BCUT2D eigenvalue weighted by atomic mass is 16.8. The number of benzene rings is 1. The van der Waals surface area contributed by atoms with E-state index in [-0.39, 0.29) is 20.1 Å². The van der Waals surface area contributed by atoms with Gasteiger partial charge in [0.15, 0.2) is 6.04 Å². The summed E-state index contributed by atoms with van der Waals surface area (Å²) < 4.78 is 0. The topological polar surface area (TPSA) is 81.0 Å². The standard InChI is InChI=1S/C9H11NO4.B/c11-9(12)8(10(13)14)6-7-4-2-1-3-5-7;/h1-5,8,13-14H,6H2,(H,11,12);. The molecule has 0 bridgehead atoms. The molecule has 0 saturated heterocycles. The molecule has 0 aliphatic heterocycles. The third-order valence-electron chi connectivity index (χ3n) is 1.84. The van der Waals surface area contributed by atoms with Crippen LogP contribution in [-0.4, -0.2) is 41.2 Å². The Morgan fingerprint density at radius 1 is 1.27 bits per heavy atom. The van der Waals surface area contributed by atoms with Crippen LogP contribution in [0.1, 0.15) is 5.56 Å². The van der Waals surface area contributed by atoms with Gasteiger partial charge in [-0.25, -0.2) is 0 Å². The van der Waals surface area contributed by atoms with Crippen molar-refractivity contribution in [3.8, 4) is 0 Å². The molecule has 6 heteroatoms. The second-order valence-corrected chi connectivity index (χ2v) is 2.86. The number of aliphatic carboxylic acids is 1. The number of nitrogens with zero attached hydrogens (tertiary/aromatic N) is 1. The first-order valence-electron chi connectivity index (χ1n) is 4.05. The quantitative estimate of drug-likeness (QED) is 0.492. The van der Waals surface area contributed by atoms with Crippen molar-refractivity contribution in [3.63, 3.8) is 0 Å². The average molecular weight is 208 g/mol. The minimum atomic E-state index is -1.34. The van der Waals surface area contributed by atoms with Gasteiger partial charge in [0.25, 0.3) is 0 Å². The van der Waals surface area contributed by atoms with Crippen LogP contribution < -0.4 is 0 Å². The fourth-order valence-electron chi connectivity index (χ4n) is 1.11. The molecule has 0 fully saturated rings. The van der Waals surface area contributed by atoms with Crippen LogP contribution in [0.4, 0.5) is 0 Å². The first-order valence-corrected chi connectivity index (χ1v) is 4.05. The average Bonchev–Trinajstić information content (AvgIpc) is 2.15. The smallest absolute Gasteiger partial charge is 0.326 e. The molecule has 15 heavy (non-hydrogen) atoms. The molecule has 0 saturated carbocycles. The van der Waals surface area contributed by atoms with Crippen molar-refractivity contribution in [2.75, 3.05) is 0 Å². The van der Waals surface area contributed by atoms with E-state index in [0.717, 1.165) is 5.56 Å². The van der Waals surface area contributed by atoms with E-state index in [4.69, 9.17) is 15.5 Å². The van der Waals surface area contributed by atoms with Crippen LogP contribution >= 0.6 is 0 Å². The summed E-state index contributed by atoms with van der Waals surface area (Å²) in [5, 5.41) is 25.7. The molecule has 0 aliphatic carbocycles. The Morgan fingerprint density at radius 3 is 2.20 bits per heavy atom. The maximum atomic E-state index is 10.6. The summed E-state index contributed by atoms with van der Waals surface area (Å²) >= 11 is 0. The van der Waals surface area contributed by atoms with Crippen LogP contribution in [0.3, 0.4) is 0 Å². The minimum absolute atomic E-state index is 0. The number of carboxylic acids is 1. The Morgan fingerprint density at radius 2 is 1.80 bits per heavy atom. The van der Waals surface area contributed by atoms with Gasteiger partial charge in [0.05, 0.1) is 0 Å². The molecule has 1 atom stereocenters. The van der Waals surface area contributed by atoms with Gasteiger partial charge in [0.1, 0.15) is 0 Å². The third-order valence-corrected chi connectivity index (χ3v) is 1.84. The number of hydrogen-bond acceptors (Lipinski definition) is 4. The van der Waals surface area contributed by atoms with Gasteiger partial charge in [-0.1, -0.05) is 35.6 Å². The fourth-order valence-corrected chi connectivity index (χ4v) is 1.11. The zero-order valence-electron chi connectivity index (χ0n) is 7.95. The zero-order valence-corrected chi connectivity index (χ0v) is 7.95. The number of carboxylic acid groups (broad SMARTS) is 1. The van der Waals surface area contributed by atoms with Gasteiger partial charge in [-0.2, -0.15) is 0 Å². The molecule has 79 valence electrons. The van der Waals surface area contributed by atoms with E-state index < -0.39 is 12.0 Å². The van der Waals surface area contributed by atoms with Gasteiger partial charge in [-0.3, -0.25) is 15.2 Å². The van der Waals surface area contributed by atoms with Crippen LogP contribution in [0.2, 0.25) is 0 Å². The van der Waals surface area contributed by atoms with Crippen LogP contribution in [-0.2, 0) is 11.2 Å². The lowest BCUT2D eigenvalue weighted by Crippen LogP contribution is -2.38. The summed E-state index contributed by atoms with van der Waals surface area (Å²) in [5.41, 5.74) is 0.730. The highest BCUT2D eigenvalue weighted by Crippen LogP contribution is 2.06. The maximum Gasteiger partial charge on any atom is 0.326 e. The molecule has 5 nitrogen and oxygen atoms in total. The molecular formula is C9H11BNO4. The van der Waals surface area contributed by atoms with Crippen LogP contribution in [0.5, 0.6) is 0 Å². The number of carbonyl (C=O) groups is 1. The SMILES string of the molecule is O=C(O)C(Cc1ccccc1)N(O)O.[B]. The largest absolute Gasteiger partial charge is 0.480 e. The molecule has 0 aliphatic rings. The zero-order chi connectivity index (χ0) is 10.6. The highest BCUT2D eigenvalue weighted by Gasteiger charge is 2.23. The summed E-state index contributed by atoms with van der Waals surface area (Å²) in [6, 6.07) is 7.42. The molecule has 3 N–H and O–H groups in total. The summed E-state index contributed by atoms with van der Waals surface area (Å²) in [7, 11) is 0. The van der Waals surface area contributed by atoms with E-state index in [0.29, 0.717) is 0 Å². The van der Waals surface area contributed by atoms with E-state index in [9.17, 15) is 4.79 Å². The second kappa shape index (κ2) is 6.18. The number of rotatable bonds is 4. The van der Waals surface area contributed by atoms with E-state index in [1.54, 1.807) is 30.3 Å². The van der Waals surface area contributed by atoms with Crippen molar-refractivity contribution in [1.82, 2.24) is 5.23 Å². The van der Waals surface area contributed by atoms with Gasteiger partial charge in [0, 0.05) is 14.8 Å². The normalized spacial score (nSPS) is 11.9. The summed E-state index contributed by atoms with van der Waals surface area (Å²) in [5.74, 6) is -1.28. The van der Waals surface area contributed by atoms with Crippen molar-refractivity contribution >= 4 is 14.4 Å². The fraction of sp³-hybridized carbons (Fsp3) is 0.222. The van der Waals surface area contributed by atoms with Gasteiger partial charge in [0.2, 0.25) is 0 Å². The van der Waals surface area contributed by atoms with Crippen molar-refractivity contribution in [2.24, 2.45) is 0 Å². The molecule has 1 aromatic carbocycles. The molecule has 0 spiro atoms. The Bertz CT molecular complexity index is 304. The van der Waals surface area contributed by atoms with Crippen LogP contribution in [0.15, 0.2) is 30.3 Å². The van der Waals surface area contributed by atoms with E-state index in [2.05, 4.69) is 0 Å². The lowest BCUT2D eigenvalue weighted by molar-refractivity contribution is -0.327. The van der Waals surface area contributed by atoms with Crippen LogP contribution in [0, 0.1) is 0 Å². The van der Waals surface area contributed by atoms with E-state index >= 15 is 0 Å². The predicted octanol–water partition coefficient (Wildman–Crippen LogP) is 0.382. The molecule has 0 aromatic heterocycles.